The van der Waals surface area contributed by atoms with Crippen LogP contribution < -0.4 is 5.32 Å². The number of hydrogen-bond donors (Lipinski definition) is 2. The summed E-state index contributed by atoms with van der Waals surface area (Å²) in [6.07, 6.45) is 0.883. The van der Waals surface area contributed by atoms with Crippen LogP contribution in [0.5, 0.6) is 0 Å². The Morgan fingerprint density at radius 1 is 1.56 bits per heavy atom. The van der Waals surface area contributed by atoms with Crippen molar-refractivity contribution in [1.82, 2.24) is 5.32 Å². The molecule has 0 saturated carbocycles. The van der Waals surface area contributed by atoms with Crippen LogP contribution in [-0.4, -0.2) is 19.3 Å². The van der Waals surface area contributed by atoms with E-state index < -0.39 is 0 Å². The zero-order chi connectivity index (χ0) is 7.28. The summed E-state index contributed by atoms with van der Waals surface area (Å²) in [4.78, 5) is 0. The Kier molecular flexibility index (Phi) is 4.32. The Bertz CT molecular complexity index is 86.9. The third kappa shape index (κ3) is 4.15. The lowest BCUT2D eigenvalue weighted by molar-refractivity contribution is 0.773. The summed E-state index contributed by atoms with van der Waals surface area (Å²) in [6, 6.07) is 0. The van der Waals surface area contributed by atoms with Crippen LogP contribution in [0.25, 0.3) is 0 Å². The molecule has 0 bridgehead atoms. The molecule has 0 aliphatic heterocycles. The average molecular weight is 128 g/mol. The van der Waals surface area contributed by atoms with Gasteiger partial charge in [0.05, 0.1) is 0 Å². The molecule has 0 aliphatic carbocycles. The first-order valence-electron chi connectivity index (χ1n) is 3.40. The maximum atomic E-state index is 7.41. The third-order valence-corrected chi connectivity index (χ3v) is 1.34. The molecule has 0 fully saturated rings. The Morgan fingerprint density at radius 2 is 2.11 bits per heavy atom. The van der Waals surface area contributed by atoms with E-state index in [1.165, 1.54) is 0 Å². The molecular weight excluding hydrogens is 112 g/mol. The summed E-state index contributed by atoms with van der Waals surface area (Å²) in [7, 11) is 1.91. The van der Waals surface area contributed by atoms with Gasteiger partial charge in [-0.15, -0.1) is 0 Å². The SMILES string of the molecule is CNCCC(=N)C(C)C. The molecule has 0 amide bonds. The largest absolute Gasteiger partial charge is 0.319 e. The molecule has 2 heteroatoms. The summed E-state index contributed by atoms with van der Waals surface area (Å²) in [5, 5.41) is 10.4. The molecule has 0 atom stereocenters. The van der Waals surface area contributed by atoms with Crippen molar-refractivity contribution in [2.45, 2.75) is 20.3 Å². The summed E-state index contributed by atoms with van der Waals surface area (Å²) < 4.78 is 0. The van der Waals surface area contributed by atoms with E-state index in [-0.39, 0.29) is 0 Å². The zero-order valence-corrected chi connectivity index (χ0v) is 6.49. The Hall–Kier alpha value is -0.370. The van der Waals surface area contributed by atoms with Crippen LogP contribution in [-0.2, 0) is 0 Å². The second kappa shape index (κ2) is 4.50. The molecular formula is C7H16N2. The maximum Gasteiger partial charge on any atom is 0.0127 e. The van der Waals surface area contributed by atoms with Crippen LogP contribution >= 0.6 is 0 Å². The van der Waals surface area contributed by atoms with Crippen molar-refractivity contribution in [3.8, 4) is 0 Å². The van der Waals surface area contributed by atoms with Crippen LogP contribution in [0.1, 0.15) is 20.3 Å². The van der Waals surface area contributed by atoms with Crippen LogP contribution in [0.2, 0.25) is 0 Å². The Morgan fingerprint density at radius 3 is 2.44 bits per heavy atom. The normalized spacial score (nSPS) is 10.2. The molecule has 0 aliphatic rings. The lowest BCUT2D eigenvalue weighted by Crippen LogP contribution is -2.15. The smallest absolute Gasteiger partial charge is 0.0127 e. The first-order chi connectivity index (χ1) is 4.18. The molecule has 9 heavy (non-hydrogen) atoms. The predicted molar refractivity (Wildman–Crippen MR) is 41.1 cm³/mol. The van der Waals surface area contributed by atoms with Gasteiger partial charge in [-0.3, -0.25) is 0 Å². The molecule has 0 aromatic carbocycles. The van der Waals surface area contributed by atoms with Gasteiger partial charge in [0.25, 0.3) is 0 Å². The molecule has 0 saturated heterocycles. The van der Waals surface area contributed by atoms with E-state index in [0.717, 1.165) is 18.7 Å². The number of nitrogens with one attached hydrogen (secondary N) is 2. The van der Waals surface area contributed by atoms with E-state index in [0.29, 0.717) is 5.92 Å². The lowest BCUT2D eigenvalue weighted by atomic mass is 10.1. The van der Waals surface area contributed by atoms with Crippen molar-refractivity contribution in [3.05, 3.63) is 0 Å². The predicted octanol–water partition coefficient (Wildman–Crippen LogP) is 1.27. The lowest BCUT2D eigenvalue weighted by Gasteiger charge is -2.05. The van der Waals surface area contributed by atoms with Gasteiger partial charge in [0.1, 0.15) is 0 Å². The molecule has 0 unspecified atom stereocenters. The second-order valence-corrected chi connectivity index (χ2v) is 2.53. The van der Waals surface area contributed by atoms with E-state index >= 15 is 0 Å². The minimum absolute atomic E-state index is 0.415. The zero-order valence-electron chi connectivity index (χ0n) is 6.49. The molecule has 0 spiro atoms. The molecule has 2 N–H and O–H groups in total. The van der Waals surface area contributed by atoms with Crippen molar-refractivity contribution >= 4 is 5.71 Å². The van der Waals surface area contributed by atoms with Gasteiger partial charge in [-0.2, -0.15) is 0 Å². The summed E-state index contributed by atoms with van der Waals surface area (Å²) in [5.41, 5.74) is 0.837. The van der Waals surface area contributed by atoms with Crippen molar-refractivity contribution in [3.63, 3.8) is 0 Å². The second-order valence-electron chi connectivity index (χ2n) is 2.53. The van der Waals surface area contributed by atoms with Gasteiger partial charge in [-0.25, -0.2) is 0 Å². The highest BCUT2D eigenvalue weighted by molar-refractivity contribution is 5.83. The van der Waals surface area contributed by atoms with E-state index in [2.05, 4.69) is 19.2 Å². The van der Waals surface area contributed by atoms with Crippen molar-refractivity contribution < 1.29 is 0 Å². The molecule has 0 heterocycles. The van der Waals surface area contributed by atoms with E-state index in [9.17, 15) is 0 Å². The molecule has 0 radical (unpaired) electrons. The van der Waals surface area contributed by atoms with Crippen LogP contribution in [0.15, 0.2) is 0 Å². The highest BCUT2D eigenvalue weighted by Gasteiger charge is 1.99. The van der Waals surface area contributed by atoms with Gasteiger partial charge in [0, 0.05) is 12.3 Å². The molecule has 0 aromatic heterocycles. The highest BCUT2D eigenvalue weighted by Crippen LogP contribution is 1.97. The van der Waals surface area contributed by atoms with Gasteiger partial charge < -0.3 is 10.7 Å². The Labute approximate surface area is 57.2 Å². The van der Waals surface area contributed by atoms with Crippen molar-refractivity contribution in [1.29, 1.82) is 5.41 Å². The molecule has 2 nitrogen and oxygen atoms in total. The summed E-state index contributed by atoms with van der Waals surface area (Å²) in [5.74, 6) is 0.415. The molecule has 0 aromatic rings. The fourth-order valence-corrected chi connectivity index (χ4v) is 0.548. The van der Waals surface area contributed by atoms with E-state index in [1.54, 1.807) is 0 Å². The highest BCUT2D eigenvalue weighted by atomic mass is 14.8. The van der Waals surface area contributed by atoms with Gasteiger partial charge in [-0.1, -0.05) is 13.8 Å². The molecule has 0 rings (SSSR count). The minimum Gasteiger partial charge on any atom is -0.319 e. The van der Waals surface area contributed by atoms with Crippen LogP contribution in [0.4, 0.5) is 0 Å². The number of rotatable bonds is 4. The summed E-state index contributed by atoms with van der Waals surface area (Å²) in [6.45, 7) is 5.03. The Balaban J connectivity index is 3.28. The van der Waals surface area contributed by atoms with Crippen LogP contribution in [0, 0.1) is 11.3 Å². The average Bonchev–Trinajstić information content (AvgIpc) is 1.82. The van der Waals surface area contributed by atoms with Gasteiger partial charge in [-0.05, 0) is 19.4 Å². The first-order valence-corrected chi connectivity index (χ1v) is 3.40. The molecule has 54 valence electrons. The van der Waals surface area contributed by atoms with Gasteiger partial charge in [0.2, 0.25) is 0 Å². The van der Waals surface area contributed by atoms with E-state index in [4.69, 9.17) is 5.41 Å². The monoisotopic (exact) mass is 128 g/mol. The quantitative estimate of drug-likeness (QED) is 0.549. The minimum atomic E-state index is 0.415. The van der Waals surface area contributed by atoms with Crippen LogP contribution in [0.3, 0.4) is 0 Å². The number of hydrogen-bond acceptors (Lipinski definition) is 2. The van der Waals surface area contributed by atoms with Crippen molar-refractivity contribution in [2.75, 3.05) is 13.6 Å². The van der Waals surface area contributed by atoms with E-state index in [1.807, 2.05) is 7.05 Å². The van der Waals surface area contributed by atoms with Gasteiger partial charge >= 0.3 is 0 Å². The first kappa shape index (κ1) is 8.63. The van der Waals surface area contributed by atoms with Crippen molar-refractivity contribution in [2.24, 2.45) is 5.92 Å². The topological polar surface area (TPSA) is 35.9 Å². The maximum absolute atomic E-state index is 7.41. The fraction of sp³-hybridized carbons (Fsp3) is 0.857. The summed E-state index contributed by atoms with van der Waals surface area (Å²) >= 11 is 0. The third-order valence-electron chi connectivity index (χ3n) is 1.34. The fourth-order valence-electron chi connectivity index (χ4n) is 0.548. The van der Waals surface area contributed by atoms with Gasteiger partial charge in [0.15, 0.2) is 0 Å². The standard InChI is InChI=1S/C7H16N2/c1-6(2)7(8)4-5-9-3/h6,8-9H,4-5H2,1-3H3.